The lowest BCUT2D eigenvalue weighted by atomic mass is 10.2. The summed E-state index contributed by atoms with van der Waals surface area (Å²) in [4.78, 5) is 22.5. The lowest BCUT2D eigenvalue weighted by molar-refractivity contribution is -0.143. The molecule has 0 fully saturated rings. The van der Waals surface area contributed by atoms with E-state index in [0.717, 1.165) is 0 Å². The van der Waals surface area contributed by atoms with E-state index in [1.807, 2.05) is 12.1 Å². The van der Waals surface area contributed by atoms with Crippen LogP contribution in [-0.2, 0) is 14.3 Å². The van der Waals surface area contributed by atoms with Crippen molar-refractivity contribution < 1.29 is 14.3 Å². The van der Waals surface area contributed by atoms with Crippen molar-refractivity contribution in [2.45, 2.75) is 32.6 Å². The van der Waals surface area contributed by atoms with Crippen molar-refractivity contribution in [3.8, 4) is 0 Å². The highest BCUT2D eigenvalue weighted by molar-refractivity contribution is 5.93. The molecule has 0 unspecified atom stereocenters. The highest BCUT2D eigenvalue weighted by Crippen LogP contribution is 2.17. The molecule has 0 aliphatic carbocycles. The van der Waals surface area contributed by atoms with Crippen LogP contribution in [0.15, 0.2) is 24.3 Å². The van der Waals surface area contributed by atoms with Gasteiger partial charge in [-0.2, -0.15) is 0 Å². The molecule has 0 bridgehead atoms. The van der Waals surface area contributed by atoms with Gasteiger partial charge < -0.3 is 15.8 Å². The summed E-state index contributed by atoms with van der Waals surface area (Å²) in [6.45, 7) is 2.12. The summed E-state index contributed by atoms with van der Waals surface area (Å²) in [5.41, 5.74) is 6.90. The van der Waals surface area contributed by atoms with Crippen molar-refractivity contribution in [2.24, 2.45) is 0 Å². The zero-order valence-corrected chi connectivity index (χ0v) is 11.1. The molecule has 5 nitrogen and oxygen atoms in total. The van der Waals surface area contributed by atoms with Gasteiger partial charge in [0.25, 0.3) is 0 Å². The van der Waals surface area contributed by atoms with Gasteiger partial charge in [-0.25, -0.2) is 0 Å². The van der Waals surface area contributed by atoms with Crippen molar-refractivity contribution in [3.05, 3.63) is 24.3 Å². The molecule has 104 valence electrons. The zero-order valence-electron chi connectivity index (χ0n) is 11.1. The molecule has 5 heteroatoms. The average molecular weight is 264 g/mol. The molecule has 3 N–H and O–H groups in total. The van der Waals surface area contributed by atoms with Gasteiger partial charge in [0, 0.05) is 12.8 Å². The maximum absolute atomic E-state index is 11.6. The number of hydrogen-bond donors (Lipinski definition) is 2. The van der Waals surface area contributed by atoms with Crippen LogP contribution in [0.4, 0.5) is 11.4 Å². The quantitative estimate of drug-likeness (QED) is 0.450. The van der Waals surface area contributed by atoms with Gasteiger partial charge in [0.15, 0.2) is 0 Å². The Kier molecular flexibility index (Phi) is 6.43. The lowest BCUT2D eigenvalue weighted by Crippen LogP contribution is -2.13. The Morgan fingerprint density at radius 3 is 2.68 bits per heavy atom. The van der Waals surface area contributed by atoms with Gasteiger partial charge in [-0.05, 0) is 25.0 Å². The second-order valence-corrected chi connectivity index (χ2v) is 4.17. The van der Waals surface area contributed by atoms with Gasteiger partial charge in [0.2, 0.25) is 5.91 Å². The minimum atomic E-state index is -0.207. The Morgan fingerprint density at radius 1 is 1.26 bits per heavy atom. The zero-order chi connectivity index (χ0) is 14.1. The van der Waals surface area contributed by atoms with Crippen molar-refractivity contribution in [1.82, 2.24) is 0 Å². The molecule has 0 aliphatic heterocycles. The minimum absolute atomic E-state index is 0.0836. The van der Waals surface area contributed by atoms with Gasteiger partial charge in [-0.3, -0.25) is 9.59 Å². The van der Waals surface area contributed by atoms with E-state index < -0.39 is 0 Å². The summed E-state index contributed by atoms with van der Waals surface area (Å²) in [5, 5.41) is 2.75. The highest BCUT2D eigenvalue weighted by atomic mass is 16.5. The molecular formula is C14H20N2O3. The van der Waals surface area contributed by atoms with E-state index in [4.69, 9.17) is 10.5 Å². The molecule has 1 amide bonds. The number of esters is 1. The molecule has 1 aromatic rings. The number of hydrogen-bond acceptors (Lipinski definition) is 4. The van der Waals surface area contributed by atoms with Crippen LogP contribution < -0.4 is 11.1 Å². The van der Waals surface area contributed by atoms with E-state index in [0.29, 0.717) is 43.7 Å². The maximum atomic E-state index is 11.6. The Hall–Kier alpha value is -2.04. The van der Waals surface area contributed by atoms with Crippen LogP contribution in [0, 0.1) is 0 Å². The third-order valence-corrected chi connectivity index (χ3v) is 2.58. The Morgan fingerprint density at radius 2 is 2.00 bits per heavy atom. The molecule has 0 heterocycles. The van der Waals surface area contributed by atoms with Crippen LogP contribution >= 0.6 is 0 Å². The Labute approximate surface area is 113 Å². The number of anilines is 2. The number of benzene rings is 1. The third-order valence-electron chi connectivity index (χ3n) is 2.58. The van der Waals surface area contributed by atoms with Crippen molar-refractivity contribution >= 4 is 23.3 Å². The van der Waals surface area contributed by atoms with Gasteiger partial charge in [-0.15, -0.1) is 0 Å². The lowest BCUT2D eigenvalue weighted by Gasteiger charge is -2.07. The SMILES string of the molecule is CCC(=O)OCCCCC(=O)Nc1ccccc1N. The first-order valence-electron chi connectivity index (χ1n) is 6.43. The molecule has 0 saturated carbocycles. The fraction of sp³-hybridized carbons (Fsp3) is 0.429. The molecule has 19 heavy (non-hydrogen) atoms. The first kappa shape index (κ1) is 15.0. The monoisotopic (exact) mass is 264 g/mol. The van der Waals surface area contributed by atoms with Crippen LogP contribution in [0.1, 0.15) is 32.6 Å². The van der Waals surface area contributed by atoms with Crippen LogP contribution in [0.25, 0.3) is 0 Å². The van der Waals surface area contributed by atoms with Gasteiger partial charge in [0.1, 0.15) is 0 Å². The summed E-state index contributed by atoms with van der Waals surface area (Å²) in [7, 11) is 0. The number of amides is 1. The number of ether oxygens (including phenoxy) is 1. The Balaban J connectivity index is 2.18. The molecule has 0 radical (unpaired) electrons. The molecule has 0 aliphatic rings. The van der Waals surface area contributed by atoms with E-state index in [1.165, 1.54) is 0 Å². The number of unbranched alkanes of at least 4 members (excludes halogenated alkanes) is 1. The number of rotatable bonds is 7. The van der Waals surface area contributed by atoms with E-state index in [2.05, 4.69) is 5.32 Å². The topological polar surface area (TPSA) is 81.4 Å². The smallest absolute Gasteiger partial charge is 0.305 e. The Bertz CT molecular complexity index is 432. The van der Waals surface area contributed by atoms with Crippen LogP contribution in [-0.4, -0.2) is 18.5 Å². The number of nitrogen functional groups attached to an aromatic ring is 1. The average Bonchev–Trinajstić information content (AvgIpc) is 2.40. The largest absolute Gasteiger partial charge is 0.466 e. The van der Waals surface area contributed by atoms with Crippen LogP contribution in [0.3, 0.4) is 0 Å². The van der Waals surface area contributed by atoms with Crippen LogP contribution in [0.5, 0.6) is 0 Å². The molecule has 1 rings (SSSR count). The van der Waals surface area contributed by atoms with E-state index >= 15 is 0 Å². The standard InChI is InChI=1S/C14H20N2O3/c1-2-14(18)19-10-6-5-9-13(17)16-12-8-4-3-7-11(12)15/h3-4,7-8H,2,5-6,9-10,15H2,1H3,(H,16,17). The van der Waals surface area contributed by atoms with Gasteiger partial charge in [-0.1, -0.05) is 19.1 Å². The van der Waals surface area contributed by atoms with E-state index in [9.17, 15) is 9.59 Å². The fourth-order valence-corrected chi connectivity index (χ4v) is 1.50. The molecule has 0 spiro atoms. The summed E-state index contributed by atoms with van der Waals surface area (Å²) in [6.07, 6.45) is 2.13. The normalized spacial score (nSPS) is 9.95. The van der Waals surface area contributed by atoms with Crippen LogP contribution in [0.2, 0.25) is 0 Å². The fourth-order valence-electron chi connectivity index (χ4n) is 1.50. The third kappa shape index (κ3) is 5.90. The summed E-state index contributed by atoms with van der Waals surface area (Å²) in [6, 6.07) is 7.12. The molecular weight excluding hydrogens is 244 g/mol. The first-order chi connectivity index (χ1) is 9.13. The predicted molar refractivity (Wildman–Crippen MR) is 74.6 cm³/mol. The van der Waals surface area contributed by atoms with Gasteiger partial charge in [0.05, 0.1) is 18.0 Å². The number of para-hydroxylation sites is 2. The molecule has 1 aromatic carbocycles. The van der Waals surface area contributed by atoms with Crippen molar-refractivity contribution in [2.75, 3.05) is 17.7 Å². The van der Waals surface area contributed by atoms with E-state index in [1.54, 1.807) is 19.1 Å². The predicted octanol–water partition coefficient (Wildman–Crippen LogP) is 2.33. The van der Waals surface area contributed by atoms with E-state index in [-0.39, 0.29) is 11.9 Å². The van der Waals surface area contributed by atoms with Gasteiger partial charge >= 0.3 is 5.97 Å². The molecule has 0 aromatic heterocycles. The van der Waals surface area contributed by atoms with Crippen molar-refractivity contribution in [1.29, 1.82) is 0 Å². The first-order valence-corrected chi connectivity index (χ1v) is 6.43. The highest BCUT2D eigenvalue weighted by Gasteiger charge is 2.05. The maximum Gasteiger partial charge on any atom is 0.305 e. The second kappa shape index (κ2) is 8.13. The number of nitrogens with two attached hydrogens (primary N) is 1. The summed E-state index contributed by atoms with van der Waals surface area (Å²) < 4.78 is 4.92. The number of nitrogens with one attached hydrogen (secondary N) is 1. The summed E-state index contributed by atoms with van der Waals surface area (Å²) >= 11 is 0. The second-order valence-electron chi connectivity index (χ2n) is 4.17. The number of carbonyl (C=O) groups excluding carboxylic acids is 2. The minimum Gasteiger partial charge on any atom is -0.466 e. The number of carbonyl (C=O) groups is 2. The molecule has 0 atom stereocenters. The summed E-state index contributed by atoms with van der Waals surface area (Å²) in [5.74, 6) is -0.291. The van der Waals surface area contributed by atoms with Crippen molar-refractivity contribution in [3.63, 3.8) is 0 Å². The molecule has 0 saturated heterocycles.